The number of halogens is 1. The van der Waals surface area contributed by atoms with Crippen LogP contribution in [0.3, 0.4) is 0 Å². The predicted molar refractivity (Wildman–Crippen MR) is 68.9 cm³/mol. The Hall–Kier alpha value is -1.20. The highest BCUT2D eigenvalue weighted by Crippen LogP contribution is 2.19. The van der Waals surface area contributed by atoms with Gasteiger partial charge in [-0.3, -0.25) is 0 Å². The van der Waals surface area contributed by atoms with Gasteiger partial charge in [0.1, 0.15) is 0 Å². The van der Waals surface area contributed by atoms with Crippen LogP contribution in [0.5, 0.6) is 0 Å². The van der Waals surface area contributed by atoms with Gasteiger partial charge in [0, 0.05) is 17.1 Å². The molecule has 1 heterocycles. The van der Waals surface area contributed by atoms with Crippen LogP contribution in [0.1, 0.15) is 18.5 Å². The van der Waals surface area contributed by atoms with Gasteiger partial charge in [-0.25, -0.2) is 4.68 Å². The molecule has 1 aromatic heterocycles. The van der Waals surface area contributed by atoms with Crippen molar-refractivity contribution in [1.29, 1.82) is 0 Å². The molecule has 0 aliphatic heterocycles. The molecule has 0 saturated heterocycles. The maximum atomic E-state index is 4.16. The minimum atomic E-state index is 0.700. The van der Waals surface area contributed by atoms with Crippen molar-refractivity contribution in [3.63, 3.8) is 0 Å². The lowest BCUT2D eigenvalue weighted by atomic mass is 10.3. The molecule has 0 amide bonds. The van der Waals surface area contributed by atoms with E-state index in [1.54, 1.807) is 4.68 Å². The molecule has 3 rings (SSSR count). The highest BCUT2D eigenvalue weighted by atomic mass is 79.9. The molecule has 1 aliphatic rings. The summed E-state index contributed by atoms with van der Waals surface area (Å²) >= 11 is 3.45. The van der Waals surface area contributed by atoms with Crippen LogP contribution in [0.15, 0.2) is 34.9 Å². The molecule has 1 fully saturated rings. The third kappa shape index (κ3) is 2.73. The number of aromatic nitrogens is 3. The van der Waals surface area contributed by atoms with Crippen LogP contribution in [0, 0.1) is 0 Å². The summed E-state index contributed by atoms with van der Waals surface area (Å²) in [5, 5.41) is 11.7. The normalized spacial score (nSPS) is 15.1. The largest absolute Gasteiger partial charge is 0.308 e. The van der Waals surface area contributed by atoms with E-state index < -0.39 is 0 Å². The summed E-state index contributed by atoms with van der Waals surface area (Å²) in [6, 6.07) is 8.72. The third-order valence-corrected chi connectivity index (χ3v) is 3.26. The molecule has 0 radical (unpaired) electrons. The predicted octanol–water partition coefficient (Wildman–Crippen LogP) is 2.28. The highest BCUT2D eigenvalue weighted by Gasteiger charge is 2.20. The van der Waals surface area contributed by atoms with E-state index in [2.05, 4.69) is 31.6 Å². The number of benzene rings is 1. The quantitative estimate of drug-likeness (QED) is 0.940. The van der Waals surface area contributed by atoms with Crippen molar-refractivity contribution in [1.82, 2.24) is 20.3 Å². The summed E-state index contributed by atoms with van der Waals surface area (Å²) in [7, 11) is 0. The number of rotatable bonds is 4. The van der Waals surface area contributed by atoms with E-state index in [0.29, 0.717) is 6.04 Å². The Morgan fingerprint density at radius 3 is 3.06 bits per heavy atom. The van der Waals surface area contributed by atoms with E-state index in [9.17, 15) is 0 Å². The molecule has 0 atom stereocenters. The van der Waals surface area contributed by atoms with Crippen LogP contribution in [0.25, 0.3) is 5.69 Å². The lowest BCUT2D eigenvalue weighted by Crippen LogP contribution is -2.15. The molecule has 1 N–H and O–H groups in total. The topological polar surface area (TPSA) is 42.7 Å². The highest BCUT2D eigenvalue weighted by molar-refractivity contribution is 9.10. The second kappa shape index (κ2) is 4.58. The Balaban J connectivity index is 1.74. The summed E-state index contributed by atoms with van der Waals surface area (Å²) < 4.78 is 2.84. The van der Waals surface area contributed by atoms with E-state index in [1.165, 1.54) is 12.8 Å². The van der Waals surface area contributed by atoms with Crippen molar-refractivity contribution in [2.24, 2.45) is 0 Å². The van der Waals surface area contributed by atoms with Gasteiger partial charge in [0.15, 0.2) is 0 Å². The Kier molecular flexibility index (Phi) is 2.94. The van der Waals surface area contributed by atoms with Crippen LogP contribution in [-0.2, 0) is 6.54 Å². The summed E-state index contributed by atoms with van der Waals surface area (Å²) in [5.74, 6) is 0. The average molecular weight is 293 g/mol. The Bertz CT molecular complexity index is 519. The maximum absolute atomic E-state index is 4.16. The summed E-state index contributed by atoms with van der Waals surface area (Å²) in [6.45, 7) is 0.804. The second-order valence-corrected chi connectivity index (χ2v) is 5.21. The molecule has 17 heavy (non-hydrogen) atoms. The fraction of sp³-hybridized carbons (Fsp3) is 0.333. The second-order valence-electron chi connectivity index (χ2n) is 4.29. The monoisotopic (exact) mass is 292 g/mol. The van der Waals surface area contributed by atoms with Crippen LogP contribution in [0.4, 0.5) is 0 Å². The Morgan fingerprint density at radius 2 is 2.29 bits per heavy atom. The van der Waals surface area contributed by atoms with Crippen LogP contribution < -0.4 is 5.32 Å². The summed E-state index contributed by atoms with van der Waals surface area (Å²) in [4.78, 5) is 0. The van der Waals surface area contributed by atoms with Gasteiger partial charge in [0.2, 0.25) is 0 Å². The lowest BCUT2D eigenvalue weighted by Gasteiger charge is -1.99. The molecule has 1 aliphatic carbocycles. The van der Waals surface area contributed by atoms with Crippen LogP contribution in [0.2, 0.25) is 0 Å². The van der Waals surface area contributed by atoms with Crippen LogP contribution >= 0.6 is 15.9 Å². The zero-order valence-corrected chi connectivity index (χ0v) is 10.9. The number of nitrogens with zero attached hydrogens (tertiary/aromatic N) is 3. The molecule has 0 spiro atoms. The Morgan fingerprint density at radius 1 is 1.41 bits per heavy atom. The minimum Gasteiger partial charge on any atom is -0.308 e. The molecule has 0 unspecified atom stereocenters. The molecule has 4 nitrogen and oxygen atoms in total. The standard InChI is InChI=1S/C12H13BrN4/c13-9-2-1-3-12(6-9)17-8-11(15-16-17)7-14-10-4-5-10/h1-3,6,8,10,14H,4-5,7H2. The van der Waals surface area contributed by atoms with E-state index >= 15 is 0 Å². The van der Waals surface area contributed by atoms with Gasteiger partial charge < -0.3 is 5.32 Å². The van der Waals surface area contributed by atoms with Gasteiger partial charge in [0.25, 0.3) is 0 Å². The van der Waals surface area contributed by atoms with Crippen molar-refractivity contribution in [2.45, 2.75) is 25.4 Å². The van der Waals surface area contributed by atoms with Crippen molar-refractivity contribution in [3.8, 4) is 5.69 Å². The summed E-state index contributed by atoms with van der Waals surface area (Å²) in [6.07, 6.45) is 4.55. The molecule has 1 aromatic carbocycles. The first kappa shape index (κ1) is 10.9. The zero-order valence-electron chi connectivity index (χ0n) is 9.31. The average Bonchev–Trinajstić information content (AvgIpc) is 3.04. The fourth-order valence-electron chi connectivity index (χ4n) is 1.66. The van der Waals surface area contributed by atoms with Gasteiger partial charge >= 0.3 is 0 Å². The van der Waals surface area contributed by atoms with Crippen molar-refractivity contribution in [2.75, 3.05) is 0 Å². The van der Waals surface area contributed by atoms with Crippen molar-refractivity contribution >= 4 is 15.9 Å². The minimum absolute atomic E-state index is 0.700. The molecular weight excluding hydrogens is 280 g/mol. The molecule has 88 valence electrons. The third-order valence-electron chi connectivity index (χ3n) is 2.76. The van der Waals surface area contributed by atoms with Gasteiger partial charge in [0.05, 0.1) is 17.6 Å². The number of nitrogens with one attached hydrogen (secondary N) is 1. The van der Waals surface area contributed by atoms with E-state index in [-0.39, 0.29) is 0 Å². The van der Waals surface area contributed by atoms with Gasteiger partial charge in [-0.2, -0.15) is 0 Å². The summed E-state index contributed by atoms with van der Waals surface area (Å²) in [5.41, 5.74) is 2.00. The van der Waals surface area contributed by atoms with E-state index in [0.717, 1.165) is 22.4 Å². The van der Waals surface area contributed by atoms with Gasteiger partial charge in [-0.05, 0) is 31.0 Å². The number of hydrogen-bond donors (Lipinski definition) is 1. The van der Waals surface area contributed by atoms with Crippen molar-refractivity contribution in [3.05, 3.63) is 40.6 Å². The Labute approximate surface area is 108 Å². The molecule has 5 heteroatoms. The first-order valence-corrected chi connectivity index (χ1v) is 6.51. The SMILES string of the molecule is Brc1cccc(-n2cc(CNC3CC3)nn2)c1. The van der Waals surface area contributed by atoms with Crippen LogP contribution in [-0.4, -0.2) is 21.0 Å². The fourth-order valence-corrected chi connectivity index (χ4v) is 2.05. The first-order valence-electron chi connectivity index (χ1n) is 5.72. The molecule has 1 saturated carbocycles. The van der Waals surface area contributed by atoms with Crippen molar-refractivity contribution < 1.29 is 0 Å². The van der Waals surface area contributed by atoms with E-state index in [1.807, 2.05) is 30.5 Å². The smallest absolute Gasteiger partial charge is 0.0969 e. The molecular formula is C12H13BrN4. The van der Waals surface area contributed by atoms with Gasteiger partial charge in [-0.15, -0.1) is 5.10 Å². The first-order chi connectivity index (χ1) is 8.31. The van der Waals surface area contributed by atoms with E-state index in [4.69, 9.17) is 0 Å². The lowest BCUT2D eigenvalue weighted by molar-refractivity contribution is 0.671. The molecule has 0 bridgehead atoms. The number of hydrogen-bond acceptors (Lipinski definition) is 3. The molecule has 2 aromatic rings. The van der Waals surface area contributed by atoms with Gasteiger partial charge in [-0.1, -0.05) is 27.2 Å². The maximum Gasteiger partial charge on any atom is 0.0969 e. The zero-order chi connectivity index (χ0) is 11.7.